The van der Waals surface area contributed by atoms with Gasteiger partial charge in [0.2, 0.25) is 5.91 Å². The Kier molecular flexibility index (Phi) is 7.45. The molecule has 24 heavy (non-hydrogen) atoms. The van der Waals surface area contributed by atoms with Gasteiger partial charge >= 0.3 is 0 Å². The van der Waals surface area contributed by atoms with Crippen molar-refractivity contribution >= 4 is 5.91 Å². The van der Waals surface area contributed by atoms with Crippen LogP contribution < -0.4 is 5.32 Å². The lowest BCUT2D eigenvalue weighted by Crippen LogP contribution is -2.28. The quantitative estimate of drug-likeness (QED) is 0.725. The van der Waals surface area contributed by atoms with Crippen molar-refractivity contribution in [2.24, 2.45) is 0 Å². The van der Waals surface area contributed by atoms with Crippen molar-refractivity contribution in [3.8, 4) is 0 Å². The molecule has 1 aromatic carbocycles. The van der Waals surface area contributed by atoms with Crippen molar-refractivity contribution in [3.63, 3.8) is 0 Å². The molecule has 0 aliphatic carbocycles. The molecule has 0 atom stereocenters. The van der Waals surface area contributed by atoms with Gasteiger partial charge in [-0.1, -0.05) is 24.3 Å². The lowest BCUT2D eigenvalue weighted by Gasteiger charge is -2.12. The van der Waals surface area contributed by atoms with Gasteiger partial charge in [0.15, 0.2) is 0 Å². The Morgan fingerprint density at radius 2 is 1.83 bits per heavy atom. The molecule has 1 N–H and O–H groups in total. The van der Waals surface area contributed by atoms with E-state index in [1.807, 2.05) is 38.1 Å². The van der Waals surface area contributed by atoms with Gasteiger partial charge in [-0.05, 0) is 25.0 Å². The summed E-state index contributed by atoms with van der Waals surface area (Å²) in [5.74, 6) is 0.695. The Labute approximate surface area is 142 Å². The van der Waals surface area contributed by atoms with Crippen molar-refractivity contribution in [1.82, 2.24) is 14.9 Å². The van der Waals surface area contributed by atoms with Gasteiger partial charge in [0.1, 0.15) is 19.0 Å². The van der Waals surface area contributed by atoms with E-state index in [1.54, 1.807) is 17.0 Å². The van der Waals surface area contributed by atoms with E-state index < -0.39 is 0 Å². The predicted molar refractivity (Wildman–Crippen MR) is 91.2 cm³/mol. The molecule has 1 amide bonds. The Bertz CT molecular complexity index is 640. The van der Waals surface area contributed by atoms with Crippen molar-refractivity contribution < 1.29 is 14.3 Å². The number of ether oxygens (including phenoxy) is 2. The third-order valence-corrected chi connectivity index (χ3v) is 3.61. The van der Waals surface area contributed by atoms with Crippen LogP contribution >= 0.6 is 0 Å². The van der Waals surface area contributed by atoms with Gasteiger partial charge in [-0.2, -0.15) is 0 Å². The highest BCUT2D eigenvalue weighted by Crippen LogP contribution is 2.10. The van der Waals surface area contributed by atoms with Crippen LogP contribution in [-0.4, -0.2) is 28.7 Å². The second-order valence-electron chi connectivity index (χ2n) is 5.29. The van der Waals surface area contributed by atoms with Gasteiger partial charge in [0, 0.05) is 32.2 Å². The van der Waals surface area contributed by atoms with Gasteiger partial charge < -0.3 is 19.4 Å². The van der Waals surface area contributed by atoms with Gasteiger partial charge in [-0.15, -0.1) is 0 Å². The maximum absolute atomic E-state index is 12.2. The standard InChI is InChI=1S/C18H25N3O3/c1-3-23-13-16-8-6-5-7-15(16)11-20-18(22)12-21-10-9-19-17(21)14-24-4-2/h5-10H,3-4,11-14H2,1-2H3,(H,20,22). The molecule has 130 valence electrons. The van der Waals surface area contributed by atoms with Crippen LogP contribution in [0.15, 0.2) is 36.7 Å². The summed E-state index contributed by atoms with van der Waals surface area (Å²) in [7, 11) is 0. The summed E-state index contributed by atoms with van der Waals surface area (Å²) in [6.07, 6.45) is 3.47. The molecular weight excluding hydrogens is 306 g/mol. The van der Waals surface area contributed by atoms with Crippen LogP contribution in [0, 0.1) is 0 Å². The molecule has 2 rings (SSSR count). The topological polar surface area (TPSA) is 65.4 Å². The number of nitrogens with zero attached hydrogens (tertiary/aromatic N) is 2. The smallest absolute Gasteiger partial charge is 0.240 e. The monoisotopic (exact) mass is 331 g/mol. The number of carbonyl (C=O) groups is 1. The number of carbonyl (C=O) groups excluding carboxylic acids is 1. The zero-order chi connectivity index (χ0) is 17.2. The average molecular weight is 331 g/mol. The first-order valence-electron chi connectivity index (χ1n) is 8.23. The number of amides is 1. The van der Waals surface area contributed by atoms with Crippen LogP contribution in [0.2, 0.25) is 0 Å². The molecule has 6 heteroatoms. The zero-order valence-electron chi connectivity index (χ0n) is 14.3. The van der Waals surface area contributed by atoms with E-state index in [-0.39, 0.29) is 12.5 Å². The van der Waals surface area contributed by atoms with Crippen LogP contribution in [0.5, 0.6) is 0 Å². The Morgan fingerprint density at radius 3 is 2.58 bits per heavy atom. The molecule has 2 aromatic rings. The van der Waals surface area contributed by atoms with Gasteiger partial charge in [-0.3, -0.25) is 4.79 Å². The second-order valence-corrected chi connectivity index (χ2v) is 5.29. The highest BCUT2D eigenvalue weighted by atomic mass is 16.5. The second kappa shape index (κ2) is 9.85. The summed E-state index contributed by atoms with van der Waals surface area (Å²) < 4.78 is 12.6. The average Bonchev–Trinajstić information content (AvgIpc) is 3.04. The van der Waals surface area contributed by atoms with Crippen LogP contribution in [0.25, 0.3) is 0 Å². The molecule has 0 unspecified atom stereocenters. The number of hydrogen-bond acceptors (Lipinski definition) is 4. The molecule has 0 fully saturated rings. The van der Waals surface area contributed by atoms with Crippen LogP contribution in [0.3, 0.4) is 0 Å². The van der Waals surface area contributed by atoms with E-state index in [4.69, 9.17) is 9.47 Å². The third-order valence-electron chi connectivity index (χ3n) is 3.61. The lowest BCUT2D eigenvalue weighted by atomic mass is 10.1. The van der Waals surface area contributed by atoms with E-state index in [0.717, 1.165) is 17.0 Å². The van der Waals surface area contributed by atoms with Gasteiger partial charge in [0.25, 0.3) is 0 Å². The number of aromatic nitrogens is 2. The van der Waals surface area contributed by atoms with Crippen molar-refractivity contribution in [2.45, 2.75) is 40.2 Å². The number of rotatable bonds is 10. The maximum atomic E-state index is 12.2. The first kappa shape index (κ1) is 18.2. The molecule has 1 heterocycles. The summed E-state index contributed by atoms with van der Waals surface area (Å²) in [5, 5.41) is 2.95. The normalized spacial score (nSPS) is 10.8. The molecule has 0 spiro atoms. The molecule has 1 aromatic heterocycles. The van der Waals surface area contributed by atoms with E-state index in [1.165, 1.54) is 0 Å². The molecule has 0 radical (unpaired) electrons. The largest absolute Gasteiger partial charge is 0.377 e. The van der Waals surface area contributed by atoms with Crippen molar-refractivity contribution in [1.29, 1.82) is 0 Å². The summed E-state index contributed by atoms with van der Waals surface area (Å²) in [6, 6.07) is 7.97. The highest BCUT2D eigenvalue weighted by Gasteiger charge is 2.09. The molecule has 0 aliphatic heterocycles. The number of hydrogen-bond donors (Lipinski definition) is 1. The molecule has 0 aliphatic rings. The minimum absolute atomic E-state index is 0.0584. The summed E-state index contributed by atoms with van der Waals surface area (Å²) in [5.41, 5.74) is 2.17. The summed E-state index contributed by atoms with van der Waals surface area (Å²) in [4.78, 5) is 16.4. The van der Waals surface area contributed by atoms with Gasteiger partial charge in [0.05, 0.1) is 6.61 Å². The summed E-state index contributed by atoms with van der Waals surface area (Å²) >= 11 is 0. The first-order chi connectivity index (χ1) is 11.7. The van der Waals surface area contributed by atoms with E-state index >= 15 is 0 Å². The highest BCUT2D eigenvalue weighted by molar-refractivity contribution is 5.75. The minimum atomic E-state index is -0.0584. The van der Waals surface area contributed by atoms with Crippen molar-refractivity contribution in [3.05, 3.63) is 53.6 Å². The van der Waals surface area contributed by atoms with Gasteiger partial charge in [-0.25, -0.2) is 4.98 Å². The first-order valence-corrected chi connectivity index (χ1v) is 8.23. The van der Waals surface area contributed by atoms with E-state index in [2.05, 4.69) is 10.3 Å². The zero-order valence-corrected chi connectivity index (χ0v) is 14.3. The molecule has 6 nitrogen and oxygen atoms in total. The molecular formula is C18H25N3O3. The fourth-order valence-corrected chi connectivity index (χ4v) is 2.30. The Hall–Kier alpha value is -2.18. The fourth-order valence-electron chi connectivity index (χ4n) is 2.30. The Morgan fingerprint density at radius 1 is 1.12 bits per heavy atom. The van der Waals surface area contributed by atoms with Crippen LogP contribution in [-0.2, 0) is 40.6 Å². The summed E-state index contributed by atoms with van der Waals surface area (Å²) in [6.45, 7) is 6.87. The maximum Gasteiger partial charge on any atom is 0.240 e. The fraction of sp³-hybridized carbons (Fsp3) is 0.444. The lowest BCUT2D eigenvalue weighted by molar-refractivity contribution is -0.121. The number of imidazole rings is 1. The van der Waals surface area contributed by atoms with Crippen molar-refractivity contribution in [2.75, 3.05) is 13.2 Å². The molecule has 0 saturated carbocycles. The predicted octanol–water partition coefficient (Wildman–Crippen LogP) is 2.27. The third kappa shape index (κ3) is 5.47. The minimum Gasteiger partial charge on any atom is -0.377 e. The van der Waals surface area contributed by atoms with E-state index in [9.17, 15) is 4.79 Å². The van der Waals surface area contributed by atoms with Crippen LogP contribution in [0.1, 0.15) is 30.8 Å². The van der Waals surface area contributed by atoms with E-state index in [0.29, 0.717) is 33.0 Å². The number of nitrogens with one attached hydrogen (secondary N) is 1. The molecule has 0 bridgehead atoms. The SMILES string of the molecule is CCOCc1ccccc1CNC(=O)Cn1ccnc1COCC. The number of benzene rings is 1. The Balaban J connectivity index is 1.89. The van der Waals surface area contributed by atoms with Crippen LogP contribution in [0.4, 0.5) is 0 Å². The molecule has 0 saturated heterocycles.